The van der Waals surface area contributed by atoms with Crippen LogP contribution in [0.15, 0.2) is 12.1 Å². The molecule has 0 saturated heterocycles. The van der Waals surface area contributed by atoms with Crippen LogP contribution in [0.5, 0.6) is 0 Å². The predicted molar refractivity (Wildman–Crippen MR) is 74.3 cm³/mol. The molecular formula is C13H19ClN2S. The molecule has 1 heterocycles. The first-order chi connectivity index (χ1) is 7.93. The van der Waals surface area contributed by atoms with Crippen LogP contribution in [0.4, 0.5) is 0 Å². The van der Waals surface area contributed by atoms with Gasteiger partial charge >= 0.3 is 0 Å². The molecule has 0 atom stereocenters. The van der Waals surface area contributed by atoms with Crippen molar-refractivity contribution < 1.29 is 0 Å². The van der Waals surface area contributed by atoms with Gasteiger partial charge in [0.25, 0.3) is 0 Å². The zero-order valence-corrected chi connectivity index (χ0v) is 12.2. The maximum absolute atomic E-state index is 8.92. The van der Waals surface area contributed by atoms with Gasteiger partial charge in [0.1, 0.15) is 0 Å². The van der Waals surface area contributed by atoms with E-state index >= 15 is 0 Å². The third kappa shape index (κ3) is 5.54. The second-order valence-corrected chi connectivity index (χ2v) is 6.84. The molecule has 0 amide bonds. The van der Waals surface area contributed by atoms with E-state index in [0.717, 1.165) is 30.3 Å². The van der Waals surface area contributed by atoms with E-state index in [-0.39, 0.29) is 5.41 Å². The number of nitrogens with zero attached hydrogens (tertiary/aromatic N) is 2. The van der Waals surface area contributed by atoms with Gasteiger partial charge in [0, 0.05) is 11.4 Å². The summed E-state index contributed by atoms with van der Waals surface area (Å²) in [5.74, 6) is 0. The lowest BCUT2D eigenvalue weighted by Crippen LogP contribution is -2.20. The van der Waals surface area contributed by atoms with Crippen LogP contribution in [0.25, 0.3) is 0 Å². The Morgan fingerprint density at radius 3 is 2.71 bits per heavy atom. The molecule has 0 unspecified atom stereocenters. The second-order valence-electron chi connectivity index (χ2n) is 5.04. The highest BCUT2D eigenvalue weighted by Gasteiger charge is 2.16. The molecule has 0 aliphatic carbocycles. The third-order valence-corrected chi connectivity index (χ3v) is 3.91. The van der Waals surface area contributed by atoms with E-state index in [4.69, 9.17) is 16.9 Å². The maximum atomic E-state index is 8.92. The number of halogens is 1. The van der Waals surface area contributed by atoms with Crippen LogP contribution in [-0.4, -0.2) is 18.5 Å². The van der Waals surface area contributed by atoms with Crippen LogP contribution in [0.2, 0.25) is 4.34 Å². The molecule has 0 aliphatic heterocycles. The Labute approximate surface area is 113 Å². The lowest BCUT2D eigenvalue weighted by atomic mass is 9.90. The van der Waals surface area contributed by atoms with E-state index in [9.17, 15) is 0 Å². The Morgan fingerprint density at radius 2 is 2.18 bits per heavy atom. The van der Waals surface area contributed by atoms with Crippen molar-refractivity contribution in [2.75, 3.05) is 13.6 Å². The van der Waals surface area contributed by atoms with Crippen molar-refractivity contribution in [1.29, 1.82) is 5.26 Å². The highest BCUT2D eigenvalue weighted by atomic mass is 35.5. The second kappa shape index (κ2) is 6.39. The van der Waals surface area contributed by atoms with Gasteiger partial charge < -0.3 is 4.90 Å². The van der Waals surface area contributed by atoms with E-state index in [1.165, 1.54) is 4.88 Å². The van der Waals surface area contributed by atoms with E-state index in [2.05, 4.69) is 24.1 Å². The molecule has 0 aromatic carbocycles. The van der Waals surface area contributed by atoms with Gasteiger partial charge in [-0.3, -0.25) is 0 Å². The monoisotopic (exact) mass is 270 g/mol. The van der Waals surface area contributed by atoms with Gasteiger partial charge in [-0.25, -0.2) is 0 Å². The molecule has 0 N–H and O–H groups in total. The standard InChI is InChI=1S/C13H19ClN2S/c1-13(2,10-15)7-4-8-16(3)9-11-5-6-12(14)17-11/h5-6H,4,7-9H2,1-3H3. The molecule has 2 nitrogen and oxygen atoms in total. The molecule has 0 aliphatic rings. The Balaban J connectivity index is 2.27. The van der Waals surface area contributed by atoms with Crippen molar-refractivity contribution in [3.05, 3.63) is 21.3 Å². The largest absolute Gasteiger partial charge is 0.301 e. The summed E-state index contributed by atoms with van der Waals surface area (Å²) in [6, 6.07) is 6.34. The van der Waals surface area contributed by atoms with Crippen LogP contribution >= 0.6 is 22.9 Å². The van der Waals surface area contributed by atoms with Crippen LogP contribution in [0, 0.1) is 16.7 Å². The van der Waals surface area contributed by atoms with E-state index < -0.39 is 0 Å². The van der Waals surface area contributed by atoms with Crippen molar-refractivity contribution in [1.82, 2.24) is 4.90 Å². The first-order valence-corrected chi connectivity index (χ1v) is 6.96. The van der Waals surface area contributed by atoms with Crippen LogP contribution in [0.1, 0.15) is 31.6 Å². The normalized spacial score (nSPS) is 11.8. The number of nitriles is 1. The van der Waals surface area contributed by atoms with Gasteiger partial charge in [-0.1, -0.05) is 11.6 Å². The average Bonchev–Trinajstić information content (AvgIpc) is 2.63. The minimum absolute atomic E-state index is 0.201. The highest BCUT2D eigenvalue weighted by Crippen LogP contribution is 2.23. The fraction of sp³-hybridized carbons (Fsp3) is 0.615. The van der Waals surface area contributed by atoms with Crippen molar-refractivity contribution in [2.45, 2.75) is 33.2 Å². The summed E-state index contributed by atoms with van der Waals surface area (Å²) < 4.78 is 0.846. The molecule has 4 heteroatoms. The minimum Gasteiger partial charge on any atom is -0.301 e. The topological polar surface area (TPSA) is 27.0 Å². The lowest BCUT2D eigenvalue weighted by molar-refractivity contribution is 0.300. The highest BCUT2D eigenvalue weighted by molar-refractivity contribution is 7.16. The maximum Gasteiger partial charge on any atom is 0.0931 e. The van der Waals surface area contributed by atoms with Gasteiger partial charge in [0.2, 0.25) is 0 Å². The van der Waals surface area contributed by atoms with Crippen molar-refractivity contribution in [3.8, 4) is 6.07 Å². The number of hydrogen-bond donors (Lipinski definition) is 0. The van der Waals surface area contributed by atoms with E-state index in [1.807, 2.05) is 19.9 Å². The SMILES string of the molecule is CN(CCCC(C)(C)C#N)Cc1ccc(Cl)s1. The first kappa shape index (κ1) is 14.5. The molecule has 94 valence electrons. The molecule has 1 aromatic heterocycles. The molecule has 0 saturated carbocycles. The fourth-order valence-electron chi connectivity index (χ4n) is 1.63. The lowest BCUT2D eigenvalue weighted by Gasteiger charge is -2.19. The molecule has 17 heavy (non-hydrogen) atoms. The van der Waals surface area contributed by atoms with Crippen molar-refractivity contribution in [2.24, 2.45) is 5.41 Å². The van der Waals surface area contributed by atoms with E-state index in [0.29, 0.717) is 0 Å². The summed E-state index contributed by atoms with van der Waals surface area (Å²) >= 11 is 7.52. The number of thiophene rings is 1. The first-order valence-electron chi connectivity index (χ1n) is 5.77. The Morgan fingerprint density at radius 1 is 1.47 bits per heavy atom. The Hall–Kier alpha value is -0.560. The van der Waals surface area contributed by atoms with Gasteiger partial charge in [0.05, 0.1) is 15.8 Å². The molecule has 0 spiro atoms. The van der Waals surface area contributed by atoms with Gasteiger partial charge in [-0.15, -0.1) is 11.3 Å². The molecule has 1 rings (SSSR count). The Bertz CT molecular complexity index is 392. The van der Waals surface area contributed by atoms with E-state index in [1.54, 1.807) is 11.3 Å². The summed E-state index contributed by atoms with van der Waals surface area (Å²) in [6.07, 6.45) is 2.00. The van der Waals surface area contributed by atoms with Gasteiger partial charge in [0.15, 0.2) is 0 Å². The molecule has 0 fully saturated rings. The van der Waals surface area contributed by atoms with Gasteiger partial charge in [-0.05, 0) is 52.4 Å². The van der Waals surface area contributed by atoms with Crippen LogP contribution < -0.4 is 0 Å². The average molecular weight is 271 g/mol. The van der Waals surface area contributed by atoms with Crippen molar-refractivity contribution >= 4 is 22.9 Å². The third-order valence-electron chi connectivity index (χ3n) is 2.70. The minimum atomic E-state index is -0.201. The summed E-state index contributed by atoms with van der Waals surface area (Å²) in [4.78, 5) is 3.56. The molecule has 0 radical (unpaired) electrons. The fourth-order valence-corrected chi connectivity index (χ4v) is 2.80. The summed E-state index contributed by atoms with van der Waals surface area (Å²) in [6.45, 7) is 5.93. The summed E-state index contributed by atoms with van der Waals surface area (Å²) in [5, 5.41) is 8.92. The zero-order valence-electron chi connectivity index (χ0n) is 10.7. The smallest absolute Gasteiger partial charge is 0.0931 e. The van der Waals surface area contributed by atoms with Gasteiger partial charge in [-0.2, -0.15) is 5.26 Å². The Kier molecular flexibility index (Phi) is 5.45. The summed E-state index contributed by atoms with van der Waals surface area (Å²) in [5.41, 5.74) is -0.201. The number of hydrogen-bond acceptors (Lipinski definition) is 3. The molecule has 1 aromatic rings. The molecule has 0 bridgehead atoms. The summed E-state index contributed by atoms with van der Waals surface area (Å²) in [7, 11) is 2.10. The van der Waals surface area contributed by atoms with Crippen molar-refractivity contribution in [3.63, 3.8) is 0 Å². The molecular weight excluding hydrogens is 252 g/mol. The predicted octanol–water partition coefficient (Wildman–Crippen LogP) is 4.16. The quantitative estimate of drug-likeness (QED) is 0.776. The number of rotatable bonds is 6. The van der Waals surface area contributed by atoms with Crippen LogP contribution in [0.3, 0.4) is 0 Å². The van der Waals surface area contributed by atoms with Crippen LogP contribution in [-0.2, 0) is 6.54 Å². The zero-order chi connectivity index (χ0) is 12.9.